The summed E-state index contributed by atoms with van der Waals surface area (Å²) in [7, 11) is -4.18. The molecule has 0 aliphatic carbocycles. The summed E-state index contributed by atoms with van der Waals surface area (Å²) in [5.74, 6) is -0.470. The Balaban J connectivity index is 3.37. The van der Waals surface area contributed by atoms with E-state index in [0.717, 1.165) is 0 Å². The predicted octanol–water partition coefficient (Wildman–Crippen LogP) is 5.57. The van der Waals surface area contributed by atoms with Crippen LogP contribution in [0.15, 0.2) is 0 Å². The van der Waals surface area contributed by atoms with Crippen LogP contribution in [-0.2, 0) is 18.8 Å². The molecule has 1 saturated heterocycles. The van der Waals surface area contributed by atoms with Crippen LogP contribution in [0.4, 0.5) is 0 Å². The van der Waals surface area contributed by atoms with Crippen molar-refractivity contribution in [2.24, 2.45) is 5.92 Å². The van der Waals surface area contributed by atoms with Crippen molar-refractivity contribution in [2.45, 2.75) is 123 Å². The lowest BCUT2D eigenvalue weighted by atomic mass is 9.77. The first-order valence-corrected chi connectivity index (χ1v) is 16.6. The molecule has 3 atom stereocenters. The van der Waals surface area contributed by atoms with Crippen LogP contribution in [-0.4, -0.2) is 50.7 Å². The molecule has 1 aliphatic heterocycles. The molecule has 1 rings (SSSR count). The van der Waals surface area contributed by atoms with Gasteiger partial charge in [-0.25, -0.2) is 0 Å². The topological polar surface area (TPSA) is 55.8 Å². The number of esters is 1. The zero-order valence-corrected chi connectivity index (χ0v) is 23.3. The second-order valence-corrected chi connectivity index (χ2v) is 22.1. The van der Waals surface area contributed by atoms with Crippen LogP contribution in [0, 0.1) is 5.92 Å². The van der Waals surface area contributed by atoms with E-state index in [0.29, 0.717) is 0 Å². The van der Waals surface area contributed by atoms with Crippen LogP contribution in [0.1, 0.15) is 69.2 Å². The first kappa shape index (κ1) is 26.4. The Hall–Kier alpha value is -0.666. The second kappa shape index (κ2) is 7.79. The maximum Gasteiger partial charge on any atom is 0.303 e. The third kappa shape index (κ3) is 4.98. The Morgan fingerprint density at radius 2 is 1.41 bits per heavy atom. The zero-order valence-electron chi connectivity index (χ0n) is 21.3. The van der Waals surface area contributed by atoms with Crippen molar-refractivity contribution in [1.29, 1.82) is 0 Å². The van der Waals surface area contributed by atoms with Crippen LogP contribution in [0.25, 0.3) is 0 Å². The summed E-state index contributed by atoms with van der Waals surface area (Å²) in [5.41, 5.74) is -0.773. The first-order valence-electron chi connectivity index (χ1n) is 10.8. The van der Waals surface area contributed by atoms with Gasteiger partial charge in [0.05, 0.1) is 18.1 Å². The van der Waals surface area contributed by atoms with Gasteiger partial charge in [-0.1, -0.05) is 54.6 Å². The number of nitrogens with zero attached hydrogens (tertiary/aromatic N) is 1. The maximum absolute atomic E-state index is 13.5. The average molecular weight is 444 g/mol. The van der Waals surface area contributed by atoms with E-state index in [4.69, 9.17) is 9.16 Å². The summed E-state index contributed by atoms with van der Waals surface area (Å²) in [5, 5.41) is 0.0653. The Morgan fingerprint density at radius 1 is 0.966 bits per heavy atom. The smallest absolute Gasteiger partial charge is 0.303 e. The summed E-state index contributed by atoms with van der Waals surface area (Å²) in [4.78, 5) is 25.4. The van der Waals surface area contributed by atoms with Gasteiger partial charge in [0.15, 0.2) is 16.6 Å². The molecule has 0 aromatic rings. The number of β-lactam (4-membered cyclic amide) rings is 1. The molecule has 5 nitrogen and oxygen atoms in total. The number of ether oxygens (including phenoxy) is 1. The fourth-order valence-corrected chi connectivity index (χ4v) is 7.86. The van der Waals surface area contributed by atoms with E-state index in [-0.39, 0.29) is 40.0 Å². The average Bonchev–Trinajstić information content (AvgIpc) is 2.39. The first-order chi connectivity index (χ1) is 12.6. The van der Waals surface area contributed by atoms with E-state index in [1.807, 2.05) is 20.8 Å². The van der Waals surface area contributed by atoms with Gasteiger partial charge in [-0.2, -0.15) is 0 Å². The molecule has 0 aromatic heterocycles. The van der Waals surface area contributed by atoms with Crippen molar-refractivity contribution in [1.82, 2.24) is 4.57 Å². The summed E-state index contributed by atoms with van der Waals surface area (Å²) in [6, 6.07) is -0.181. The number of carbonyl (C=O) groups excluding carboxylic acids is 2. The van der Waals surface area contributed by atoms with E-state index >= 15 is 0 Å². The van der Waals surface area contributed by atoms with E-state index < -0.39 is 22.2 Å². The summed E-state index contributed by atoms with van der Waals surface area (Å²) < 4.78 is 14.4. The van der Waals surface area contributed by atoms with Gasteiger partial charge in [0, 0.05) is 6.92 Å². The second-order valence-electron chi connectivity index (χ2n) is 12.3. The molecule has 0 aromatic carbocycles. The normalized spacial score (nSPS) is 23.0. The minimum Gasteiger partial charge on any atom is -0.458 e. The van der Waals surface area contributed by atoms with Crippen LogP contribution < -0.4 is 0 Å². The summed E-state index contributed by atoms with van der Waals surface area (Å²) in [6.45, 7) is 29.4. The zero-order chi connectivity index (χ0) is 23.4. The maximum atomic E-state index is 13.5. The summed E-state index contributed by atoms with van der Waals surface area (Å²) in [6.07, 6.45) is -0.218. The van der Waals surface area contributed by atoms with Gasteiger partial charge >= 0.3 is 5.97 Å². The molecule has 1 aliphatic rings. The van der Waals surface area contributed by atoms with Crippen LogP contribution in [0.5, 0.6) is 0 Å². The lowest BCUT2D eigenvalue weighted by Gasteiger charge is -2.63. The Bertz CT molecular complexity index is 644. The third-order valence-electron chi connectivity index (χ3n) is 7.49. The van der Waals surface area contributed by atoms with Crippen molar-refractivity contribution in [3.8, 4) is 0 Å². The Morgan fingerprint density at radius 3 is 1.76 bits per heavy atom. The molecule has 7 heteroatoms. The lowest BCUT2D eigenvalue weighted by Crippen LogP contribution is -2.79. The van der Waals surface area contributed by atoms with Crippen LogP contribution >= 0.6 is 0 Å². The minimum absolute atomic E-state index is 0.00170. The van der Waals surface area contributed by atoms with Crippen LogP contribution in [0.3, 0.4) is 0 Å². The van der Waals surface area contributed by atoms with Gasteiger partial charge in [-0.05, 0) is 43.9 Å². The molecule has 170 valence electrons. The van der Waals surface area contributed by atoms with Crippen molar-refractivity contribution < 1.29 is 18.8 Å². The Kier molecular flexibility index (Phi) is 7.08. The fourth-order valence-electron chi connectivity index (χ4n) is 3.84. The minimum atomic E-state index is -2.14. The quantitative estimate of drug-likeness (QED) is 0.306. The highest BCUT2D eigenvalue weighted by molar-refractivity contribution is 6.80. The molecule has 1 fully saturated rings. The van der Waals surface area contributed by atoms with Gasteiger partial charge in [0.1, 0.15) is 5.60 Å². The van der Waals surface area contributed by atoms with E-state index in [9.17, 15) is 9.59 Å². The third-order valence-corrected chi connectivity index (χ3v) is 17.4. The van der Waals surface area contributed by atoms with Gasteiger partial charge < -0.3 is 13.7 Å². The predicted molar refractivity (Wildman–Crippen MR) is 125 cm³/mol. The Labute approximate surface area is 181 Å². The van der Waals surface area contributed by atoms with E-state index in [2.05, 4.69) is 72.3 Å². The largest absolute Gasteiger partial charge is 0.458 e. The molecular weight excluding hydrogens is 398 g/mol. The molecular formula is C22H45NO4Si2. The standard InChI is InChI=1S/C22H45NO4Si2/c1-15(27-29(13,14)21(6,7)8)17-18(22(9,10)26-16(2)24)23(19(17)25)28(11,12)20(3,4)5/h15,17-18H,1-14H3/t15?,17-,18+/m1/s1. The SMILES string of the molecule is CC(=O)OC(C)(C)[C@@H]1[C@@H](C(C)O[Si](C)(C)C(C)(C)C)C(=O)N1[Si](C)(C)C(C)(C)C. The highest BCUT2D eigenvalue weighted by atomic mass is 28.4. The number of carbonyl (C=O) groups is 2. The van der Waals surface area contributed by atoms with Gasteiger partial charge in [-0.15, -0.1) is 0 Å². The number of rotatable bonds is 6. The van der Waals surface area contributed by atoms with E-state index in [1.165, 1.54) is 6.92 Å². The molecule has 0 N–H and O–H groups in total. The van der Waals surface area contributed by atoms with E-state index in [1.54, 1.807) is 0 Å². The molecule has 0 radical (unpaired) electrons. The lowest BCUT2D eigenvalue weighted by molar-refractivity contribution is -0.185. The molecule has 1 heterocycles. The number of hydrogen-bond donors (Lipinski definition) is 0. The summed E-state index contributed by atoms with van der Waals surface area (Å²) >= 11 is 0. The van der Waals surface area contributed by atoms with Crippen molar-refractivity contribution >= 4 is 28.4 Å². The molecule has 1 amide bonds. The monoisotopic (exact) mass is 443 g/mol. The highest BCUT2D eigenvalue weighted by Crippen LogP contribution is 2.50. The molecule has 0 spiro atoms. The highest BCUT2D eigenvalue weighted by Gasteiger charge is 2.64. The van der Waals surface area contributed by atoms with Crippen LogP contribution in [0.2, 0.25) is 36.3 Å². The molecule has 1 unspecified atom stereocenters. The molecule has 29 heavy (non-hydrogen) atoms. The van der Waals surface area contributed by atoms with Crippen molar-refractivity contribution in [3.05, 3.63) is 0 Å². The van der Waals surface area contributed by atoms with Gasteiger partial charge in [0.2, 0.25) is 5.91 Å². The molecule has 0 saturated carbocycles. The fraction of sp³-hybridized carbons (Fsp3) is 0.909. The molecule has 0 bridgehead atoms. The van der Waals surface area contributed by atoms with Gasteiger partial charge in [0.25, 0.3) is 0 Å². The van der Waals surface area contributed by atoms with Crippen molar-refractivity contribution in [3.63, 3.8) is 0 Å². The van der Waals surface area contributed by atoms with Crippen molar-refractivity contribution in [2.75, 3.05) is 0 Å². The number of hydrogen-bond acceptors (Lipinski definition) is 4. The number of amides is 1. The van der Waals surface area contributed by atoms with Gasteiger partial charge in [-0.3, -0.25) is 9.59 Å².